The van der Waals surface area contributed by atoms with Crippen molar-refractivity contribution in [1.82, 2.24) is 0 Å². The average molecular weight is 1530 g/mol. The Hall–Kier alpha value is 7.81. The Balaban J connectivity index is -0.0000000478. The fraction of sp³-hybridized carbons (Fsp3) is 1.00. The molecule has 0 aromatic rings. The van der Waals surface area contributed by atoms with E-state index < -0.39 is 11.2 Å². The van der Waals surface area contributed by atoms with Crippen LogP contribution in [0.5, 0.6) is 0 Å². The van der Waals surface area contributed by atoms with E-state index in [-0.39, 0.29) is 186 Å². The maximum absolute atomic E-state index is 6.03. The summed E-state index contributed by atoms with van der Waals surface area (Å²) >= 11 is 4.04. The fourth-order valence-corrected chi connectivity index (χ4v) is 5.40. The average Bonchev–Trinajstić information content (AvgIpc) is 2.41. The second-order valence-corrected chi connectivity index (χ2v) is 42.5. The predicted molar refractivity (Wildman–Crippen MR) is 174 cm³/mol. The Kier molecular flexibility index (Phi) is 61.3. The van der Waals surface area contributed by atoms with Crippen LogP contribution in [0.25, 0.3) is 0 Å². The molecule has 0 rings (SSSR count). The van der Waals surface area contributed by atoms with Gasteiger partial charge in [0.05, 0.1) is 0 Å². The largest absolute Gasteiger partial charge is 0 e. The first kappa shape index (κ1) is 64.7. The van der Waals surface area contributed by atoms with Gasteiger partial charge in [0.25, 0.3) is 0 Å². The van der Waals surface area contributed by atoms with Crippen LogP contribution in [0.4, 0.5) is 0 Å². The van der Waals surface area contributed by atoms with Gasteiger partial charge in [-0.15, -0.1) is 0 Å². The molecule has 0 saturated heterocycles. The first-order chi connectivity index (χ1) is 12.1. The van der Waals surface area contributed by atoms with Gasteiger partial charge in [-0.1, -0.05) is 0 Å². The van der Waals surface area contributed by atoms with Crippen LogP contribution in [-0.4, -0.2) is 241 Å². The zero-order chi connectivity index (χ0) is 23.6. The molecule has 0 N–H and O–H groups in total. The van der Waals surface area contributed by atoms with Gasteiger partial charge in [-0.3, -0.25) is 0 Å². The van der Waals surface area contributed by atoms with Crippen LogP contribution in [0, 0.1) is 17.8 Å². The molecule has 34 heavy (non-hydrogen) atoms. The smallest absolute Gasteiger partial charge is 0 e. The monoisotopic (exact) mass is 1550 g/mol. The molecule has 0 aliphatic rings. The normalized spacial score (nSPS) is 13.3. The molecule has 0 saturated carbocycles. The second-order valence-electron chi connectivity index (χ2n) is 10.5. The molecular formula is C20H48Ge2O2Sb2Si2Te6. The minimum absolute atomic E-state index is 0. The van der Waals surface area contributed by atoms with E-state index in [1.807, 2.05) is 0 Å². The van der Waals surface area contributed by atoms with Crippen molar-refractivity contribution in [3.05, 3.63) is 0 Å². The molecule has 0 bridgehead atoms. The zero-order valence-electron chi connectivity index (χ0n) is 23.9. The van der Waals surface area contributed by atoms with E-state index in [0.717, 1.165) is 0 Å². The van der Waals surface area contributed by atoms with Crippen LogP contribution >= 0.6 is 0 Å². The molecule has 0 amide bonds. The van der Waals surface area contributed by atoms with Gasteiger partial charge in [0.1, 0.15) is 0 Å². The van der Waals surface area contributed by atoms with E-state index in [9.17, 15) is 0 Å². The van der Waals surface area contributed by atoms with Crippen molar-refractivity contribution in [1.29, 1.82) is 0 Å². The van der Waals surface area contributed by atoms with E-state index in [2.05, 4.69) is 142 Å². The van der Waals surface area contributed by atoms with Gasteiger partial charge >= 0.3 is 222 Å². The first-order valence-electron chi connectivity index (χ1n) is 10.2. The van der Waals surface area contributed by atoms with Gasteiger partial charge in [0.2, 0.25) is 0 Å². The maximum Gasteiger partial charge on any atom is 0 e. The van der Waals surface area contributed by atoms with Crippen LogP contribution in [0.3, 0.4) is 0 Å². The van der Waals surface area contributed by atoms with Crippen molar-refractivity contribution in [2.24, 2.45) is 17.8 Å². The molecule has 20 radical (unpaired) electrons. The van der Waals surface area contributed by atoms with Crippen LogP contribution in [0.15, 0.2) is 0 Å². The number of hydrogen-bond donors (Lipinski definition) is 0. The number of rotatable bonds is 8. The Labute approximate surface area is 357 Å². The van der Waals surface area contributed by atoms with Crippen molar-refractivity contribution >= 4 is 229 Å². The minimum Gasteiger partial charge on any atom is 0 e. The van der Waals surface area contributed by atoms with Crippen molar-refractivity contribution in [2.45, 2.75) is 110 Å². The standard InChI is InChI=1S/C14H30Ge2O2.2C3H9SiTe.2Sb.4Te/c1-10(11(2)13(4,5)17-15-8)12(3)14(6,7)18-16-9;2*1-4(2,3)5;;;;;;/h10-12H,1-9H3;2*1-3H3;;;;;;. The van der Waals surface area contributed by atoms with Crippen LogP contribution in [0.2, 0.25) is 50.8 Å². The summed E-state index contributed by atoms with van der Waals surface area (Å²) in [5.74, 6) is 6.05. The Morgan fingerprint density at radius 2 is 0.735 bits per heavy atom. The molecule has 14 heteroatoms. The first-order valence-corrected chi connectivity index (χ1v) is 29.9. The van der Waals surface area contributed by atoms with E-state index in [0.29, 0.717) is 17.8 Å². The summed E-state index contributed by atoms with van der Waals surface area (Å²) in [4.78, 5) is 0. The molecule has 0 aliphatic carbocycles. The molecule has 0 heterocycles. The van der Waals surface area contributed by atoms with Crippen LogP contribution in [0.1, 0.15) is 48.5 Å². The van der Waals surface area contributed by atoms with Gasteiger partial charge in [-0.25, -0.2) is 0 Å². The molecule has 2 nitrogen and oxygen atoms in total. The minimum atomic E-state index is -0.601. The Morgan fingerprint density at radius 1 is 0.588 bits per heavy atom. The zero-order valence-corrected chi connectivity index (χ0v) is 49.2. The van der Waals surface area contributed by atoms with Gasteiger partial charge in [0.15, 0.2) is 0 Å². The summed E-state index contributed by atoms with van der Waals surface area (Å²) in [5.41, 5.74) is -1.23. The van der Waals surface area contributed by atoms with E-state index in [4.69, 9.17) is 7.53 Å². The molecule has 202 valence electrons. The third kappa shape index (κ3) is 46.8. The second kappa shape index (κ2) is 32.2. The molecule has 2 unspecified atom stereocenters. The quantitative estimate of drug-likeness (QED) is 0.347. The molecule has 2 atom stereocenters. The third-order valence-corrected chi connectivity index (χ3v) is 7.56. The van der Waals surface area contributed by atoms with E-state index in [1.54, 1.807) is 0 Å². The van der Waals surface area contributed by atoms with Gasteiger partial charge in [0, 0.05) is 144 Å². The molecule has 0 aromatic heterocycles. The topological polar surface area (TPSA) is 18.5 Å². The van der Waals surface area contributed by atoms with E-state index in [1.165, 1.54) is 0 Å². The van der Waals surface area contributed by atoms with Crippen LogP contribution in [-0.2, 0) is 7.53 Å². The van der Waals surface area contributed by atoms with Crippen LogP contribution < -0.4 is 0 Å². The Morgan fingerprint density at radius 3 is 0.853 bits per heavy atom. The molecule has 0 spiro atoms. The summed E-state index contributed by atoms with van der Waals surface area (Å²) in [7, 11) is 0. The summed E-state index contributed by atoms with van der Waals surface area (Å²) in [6.07, 6.45) is 0. The van der Waals surface area contributed by atoms with Crippen molar-refractivity contribution in [3.8, 4) is 0 Å². The van der Waals surface area contributed by atoms with Crippen molar-refractivity contribution in [3.63, 3.8) is 0 Å². The van der Waals surface area contributed by atoms with Gasteiger partial charge < -0.3 is 0 Å². The fourth-order valence-electron chi connectivity index (χ4n) is 2.41. The third-order valence-electron chi connectivity index (χ3n) is 4.50. The van der Waals surface area contributed by atoms with E-state index >= 15 is 0 Å². The SMILES string of the molecule is C[Si](C)(C)[Te].C[Si](C)(C)[Te].[CH3][Ge][O]C(C)(C)C(C)C(C)C(C)C(C)(C)[O][Ge][CH3].[Sb].[Sb].[Te].[Te].[Te].[Te]. The summed E-state index contributed by atoms with van der Waals surface area (Å²) in [6, 6.07) is 0. The maximum atomic E-state index is 6.03. The summed E-state index contributed by atoms with van der Waals surface area (Å²) in [6.45, 7) is 29.9. The van der Waals surface area contributed by atoms with Gasteiger partial charge in [-0.2, -0.15) is 0 Å². The van der Waals surface area contributed by atoms with Crippen molar-refractivity contribution in [2.75, 3.05) is 0 Å². The predicted octanol–water partition coefficient (Wildman–Crippen LogP) is 3.51. The molecule has 0 fully saturated rings. The number of hydrogen-bond acceptors (Lipinski definition) is 2. The van der Waals surface area contributed by atoms with Crippen molar-refractivity contribution < 1.29 is 7.53 Å². The summed E-state index contributed by atoms with van der Waals surface area (Å²) < 4.78 is 12.1. The summed E-state index contributed by atoms with van der Waals surface area (Å²) in [5, 5.41) is 0. The Bertz CT molecular complexity index is 374. The molecular weight excluding hydrogens is 1480 g/mol. The molecule has 0 aromatic carbocycles. The molecule has 0 aliphatic heterocycles. The van der Waals surface area contributed by atoms with Gasteiger partial charge in [-0.05, 0) is 0 Å².